The van der Waals surface area contributed by atoms with Gasteiger partial charge in [0.2, 0.25) is 0 Å². The first-order valence-electron chi connectivity index (χ1n) is 16.7. The molecular weight excluding hydrogens is 575 g/mol. The second-order valence-corrected chi connectivity index (χ2v) is 13.1. The summed E-state index contributed by atoms with van der Waals surface area (Å²) >= 11 is 0. The lowest BCUT2D eigenvalue weighted by Gasteiger charge is -2.25. The van der Waals surface area contributed by atoms with Crippen LogP contribution in [0.5, 0.6) is 0 Å². The smallest absolute Gasteiger partial charge is 0.394 e. The van der Waals surface area contributed by atoms with Crippen LogP contribution in [0.4, 0.5) is 0 Å². The molecule has 1 saturated heterocycles. The summed E-state index contributed by atoms with van der Waals surface area (Å²) in [6.07, 6.45) is 22.1. The third-order valence-electron chi connectivity index (χ3n) is 8.16. The van der Waals surface area contributed by atoms with Gasteiger partial charge in [0.1, 0.15) is 18.3 Å². The van der Waals surface area contributed by atoms with Crippen molar-refractivity contribution in [2.75, 3.05) is 13.2 Å². The maximum absolute atomic E-state index is 12.3. The number of aliphatic hydroxyl groups excluding tert-OH is 1. The number of phosphoric ester groups is 1. The number of aliphatic hydroxyl groups is 1. The second-order valence-electron chi connectivity index (χ2n) is 11.9. The lowest BCUT2D eigenvalue weighted by atomic mass is 10.0. The minimum atomic E-state index is -4.94. The van der Waals surface area contributed by atoms with E-state index in [1.807, 2.05) is 0 Å². The van der Waals surface area contributed by atoms with Gasteiger partial charge in [-0.05, 0) is 6.42 Å². The van der Waals surface area contributed by atoms with Gasteiger partial charge in [0.05, 0.1) is 6.61 Å². The molecule has 12 heteroatoms. The first-order valence-corrected chi connectivity index (χ1v) is 18.2. The van der Waals surface area contributed by atoms with Gasteiger partial charge in [0.15, 0.2) is 6.23 Å². The summed E-state index contributed by atoms with van der Waals surface area (Å²) < 4.78 is 29.1. The highest BCUT2D eigenvalue weighted by atomic mass is 31.2. The van der Waals surface area contributed by atoms with Crippen LogP contribution in [0.25, 0.3) is 0 Å². The number of hydrogen-bond donors (Lipinski definition) is 4. The van der Waals surface area contributed by atoms with Crippen molar-refractivity contribution in [1.29, 1.82) is 0 Å². The number of ether oxygens (including phenoxy) is 2. The normalized spacial score (nSPS) is 20.7. The number of H-pyrrole nitrogens is 1. The zero-order chi connectivity index (χ0) is 31.3. The van der Waals surface area contributed by atoms with E-state index in [-0.39, 0.29) is 6.61 Å². The Morgan fingerprint density at radius 3 is 1.67 bits per heavy atom. The van der Waals surface area contributed by atoms with Crippen molar-refractivity contribution >= 4 is 7.82 Å². The minimum Gasteiger partial charge on any atom is -0.394 e. The number of aromatic nitrogens is 2. The van der Waals surface area contributed by atoms with E-state index in [1.54, 1.807) is 0 Å². The van der Waals surface area contributed by atoms with Crippen molar-refractivity contribution in [3.63, 3.8) is 0 Å². The zero-order valence-electron chi connectivity index (χ0n) is 26.2. The largest absolute Gasteiger partial charge is 0.470 e. The lowest BCUT2D eigenvalue weighted by molar-refractivity contribution is -0.0747. The fraction of sp³-hybridized carbons (Fsp3) is 0.871. The molecule has 1 aliphatic rings. The van der Waals surface area contributed by atoms with Crippen LogP contribution in [0, 0.1) is 0 Å². The second kappa shape index (κ2) is 22.2. The number of nitrogens with zero attached hydrogens (tertiary/aromatic N) is 1. The van der Waals surface area contributed by atoms with Crippen molar-refractivity contribution in [2.24, 2.45) is 0 Å². The molecule has 4 N–H and O–H groups in total. The van der Waals surface area contributed by atoms with Crippen LogP contribution in [0.1, 0.15) is 142 Å². The Morgan fingerprint density at radius 2 is 1.26 bits per heavy atom. The Kier molecular flexibility index (Phi) is 19.6. The molecule has 250 valence electrons. The number of aromatic amines is 1. The summed E-state index contributed by atoms with van der Waals surface area (Å²) in [7, 11) is -4.94. The van der Waals surface area contributed by atoms with E-state index in [0.717, 1.165) is 36.3 Å². The quantitative estimate of drug-likeness (QED) is 0.0698. The Hall–Kier alpha value is -1.33. The summed E-state index contributed by atoms with van der Waals surface area (Å²) in [5, 5.41) is 9.72. The summed E-state index contributed by atoms with van der Waals surface area (Å²) in [6, 6.07) is 1.13. The molecule has 1 fully saturated rings. The van der Waals surface area contributed by atoms with Crippen molar-refractivity contribution in [3.8, 4) is 0 Å². The first kappa shape index (κ1) is 37.9. The Balaban J connectivity index is 1.56. The van der Waals surface area contributed by atoms with E-state index in [9.17, 15) is 29.0 Å². The van der Waals surface area contributed by atoms with Crippen LogP contribution < -0.4 is 11.2 Å². The molecule has 2 rings (SSSR count). The maximum Gasteiger partial charge on any atom is 0.470 e. The molecule has 1 aromatic rings. The lowest BCUT2D eigenvalue weighted by Crippen LogP contribution is -2.40. The Bertz CT molecular complexity index is 1010. The van der Waals surface area contributed by atoms with Gasteiger partial charge in [-0.3, -0.25) is 18.9 Å². The molecule has 0 aromatic carbocycles. The van der Waals surface area contributed by atoms with Crippen LogP contribution >= 0.6 is 7.82 Å². The fourth-order valence-electron chi connectivity index (χ4n) is 5.75. The molecular formula is C31H57N2O9P. The minimum absolute atomic E-state index is 0.265. The molecule has 0 amide bonds. The zero-order valence-corrected chi connectivity index (χ0v) is 27.1. The maximum atomic E-state index is 12.3. The molecule has 0 aliphatic carbocycles. The molecule has 4 atom stereocenters. The van der Waals surface area contributed by atoms with E-state index >= 15 is 0 Å². The van der Waals surface area contributed by atoms with Crippen LogP contribution in [0.3, 0.4) is 0 Å². The van der Waals surface area contributed by atoms with Crippen LogP contribution in [-0.2, 0) is 18.6 Å². The molecule has 43 heavy (non-hydrogen) atoms. The van der Waals surface area contributed by atoms with Crippen LogP contribution in [0.15, 0.2) is 21.9 Å². The highest BCUT2D eigenvalue weighted by Gasteiger charge is 2.49. The standard InChI is InChI=1S/C31H57N2O9P/c1-2-3-4-5-6-7-8-9-10-11-12-13-14-15-16-17-18-19-20-21-24-40-29-28(42-43(37,38)39)26(25-34)41-30(29)33-23-22-27(35)32-31(33)36/h22-23,26,28-30,34H,2-21,24-25H2,1H3,(H,32,35,36)(H2,37,38,39)/t26-,28-,29-,30-/m1/s1. The summed E-state index contributed by atoms with van der Waals surface area (Å²) in [6.45, 7) is 1.93. The van der Waals surface area contributed by atoms with E-state index < -0.39 is 50.2 Å². The molecule has 1 aliphatic heterocycles. The third kappa shape index (κ3) is 16.0. The van der Waals surface area contributed by atoms with Gasteiger partial charge in [-0.25, -0.2) is 9.36 Å². The number of nitrogens with one attached hydrogen (secondary N) is 1. The SMILES string of the molecule is CCCCCCCCCCCCCCCCCCCCCCO[C@@H]1[C@H](OP(=O)(O)O)[C@@H](CO)O[C@H]1n1ccc(=O)[nH]c1=O. The van der Waals surface area contributed by atoms with Gasteiger partial charge in [-0.2, -0.15) is 0 Å². The number of hydrogen-bond acceptors (Lipinski definition) is 7. The molecule has 0 radical (unpaired) electrons. The van der Waals surface area contributed by atoms with Crippen molar-refractivity contribution in [3.05, 3.63) is 33.1 Å². The highest BCUT2D eigenvalue weighted by Crippen LogP contribution is 2.44. The molecule has 0 bridgehead atoms. The van der Waals surface area contributed by atoms with Gasteiger partial charge in [0, 0.05) is 18.9 Å². The summed E-state index contributed by atoms with van der Waals surface area (Å²) in [4.78, 5) is 44.7. The molecule has 0 spiro atoms. The Morgan fingerprint density at radius 1 is 0.791 bits per heavy atom. The van der Waals surface area contributed by atoms with Crippen molar-refractivity contribution in [2.45, 2.75) is 160 Å². The first-order chi connectivity index (χ1) is 20.8. The van der Waals surface area contributed by atoms with Gasteiger partial charge >= 0.3 is 13.5 Å². The van der Waals surface area contributed by atoms with E-state index in [2.05, 4.69) is 11.9 Å². The topological polar surface area (TPSA) is 160 Å². The van der Waals surface area contributed by atoms with Gasteiger partial charge in [-0.15, -0.1) is 0 Å². The van der Waals surface area contributed by atoms with E-state index in [4.69, 9.17) is 14.0 Å². The predicted molar refractivity (Wildman–Crippen MR) is 167 cm³/mol. The third-order valence-corrected chi connectivity index (χ3v) is 8.68. The van der Waals surface area contributed by atoms with Gasteiger partial charge in [0.25, 0.3) is 5.56 Å². The van der Waals surface area contributed by atoms with Crippen LogP contribution in [0.2, 0.25) is 0 Å². The number of rotatable bonds is 26. The molecule has 0 saturated carbocycles. The van der Waals surface area contributed by atoms with Crippen molar-refractivity contribution in [1.82, 2.24) is 9.55 Å². The molecule has 2 heterocycles. The molecule has 1 aromatic heterocycles. The number of phosphoric acid groups is 1. The van der Waals surface area contributed by atoms with Gasteiger partial charge in [-0.1, -0.05) is 129 Å². The van der Waals surface area contributed by atoms with E-state index in [1.165, 1.54) is 109 Å². The highest BCUT2D eigenvalue weighted by molar-refractivity contribution is 7.46. The monoisotopic (exact) mass is 632 g/mol. The van der Waals surface area contributed by atoms with Crippen LogP contribution in [-0.4, -0.2) is 56.0 Å². The van der Waals surface area contributed by atoms with Gasteiger partial charge < -0.3 is 24.4 Å². The average Bonchev–Trinajstić information content (AvgIpc) is 3.29. The summed E-state index contributed by atoms with van der Waals surface area (Å²) in [5.74, 6) is 0. The Labute approximate surface area is 257 Å². The average molecular weight is 633 g/mol. The van der Waals surface area contributed by atoms with E-state index in [0.29, 0.717) is 0 Å². The summed E-state index contributed by atoms with van der Waals surface area (Å²) in [5.41, 5.74) is -1.36. The van der Waals surface area contributed by atoms with Crippen molar-refractivity contribution < 1.29 is 33.5 Å². The predicted octanol–water partition coefficient (Wildman–Crippen LogP) is 6.11. The number of unbranched alkanes of at least 4 members (excludes halogenated alkanes) is 19. The fourth-order valence-corrected chi connectivity index (χ4v) is 6.32. The molecule has 0 unspecified atom stereocenters. The molecule has 11 nitrogen and oxygen atoms in total.